The molecule has 0 bridgehead atoms. The average molecular weight is 267 g/mol. The lowest BCUT2D eigenvalue weighted by atomic mass is 10.1. The normalized spacial score (nSPS) is 19.9. The van der Waals surface area contributed by atoms with Gasteiger partial charge in [0.15, 0.2) is 0 Å². The molecule has 1 aromatic rings. The zero-order valence-corrected chi connectivity index (χ0v) is 11.9. The van der Waals surface area contributed by atoms with E-state index in [0.717, 1.165) is 19.0 Å². The molecule has 1 aliphatic heterocycles. The van der Waals surface area contributed by atoms with Gasteiger partial charge in [-0.25, -0.2) is 0 Å². The van der Waals surface area contributed by atoms with Crippen molar-refractivity contribution in [2.75, 3.05) is 38.6 Å². The molecule has 0 aromatic heterocycles. The molecule has 3 heteroatoms. The van der Waals surface area contributed by atoms with Crippen LogP contribution in [-0.2, 0) is 6.54 Å². The molecule has 1 aliphatic rings. The SMILES string of the molecule is CC(CCl)CN1CCN(Cc2ccccc2)CC1. The number of benzene rings is 1. The van der Waals surface area contributed by atoms with E-state index in [1.807, 2.05) is 0 Å². The lowest BCUT2D eigenvalue weighted by molar-refractivity contribution is 0.118. The lowest BCUT2D eigenvalue weighted by Crippen LogP contribution is -2.47. The summed E-state index contributed by atoms with van der Waals surface area (Å²) in [4.78, 5) is 5.08. The van der Waals surface area contributed by atoms with Crippen LogP contribution >= 0.6 is 11.6 Å². The van der Waals surface area contributed by atoms with E-state index in [1.54, 1.807) is 0 Å². The molecule has 18 heavy (non-hydrogen) atoms. The molecule has 0 aliphatic carbocycles. The summed E-state index contributed by atoms with van der Waals surface area (Å²) in [6.07, 6.45) is 0. The van der Waals surface area contributed by atoms with Gasteiger partial charge in [0.25, 0.3) is 0 Å². The highest BCUT2D eigenvalue weighted by Gasteiger charge is 2.18. The van der Waals surface area contributed by atoms with Crippen molar-refractivity contribution in [2.45, 2.75) is 13.5 Å². The molecular formula is C15H23ClN2. The third-order valence-corrected chi connectivity index (χ3v) is 4.07. The number of halogens is 1. The van der Waals surface area contributed by atoms with Crippen LogP contribution in [0.1, 0.15) is 12.5 Å². The molecule has 2 rings (SSSR count). The van der Waals surface area contributed by atoms with E-state index in [4.69, 9.17) is 11.6 Å². The van der Waals surface area contributed by atoms with Crippen LogP contribution in [0.25, 0.3) is 0 Å². The van der Waals surface area contributed by atoms with E-state index >= 15 is 0 Å². The molecule has 1 fully saturated rings. The van der Waals surface area contributed by atoms with Crippen LogP contribution in [0.5, 0.6) is 0 Å². The Morgan fingerprint density at radius 1 is 1.06 bits per heavy atom. The van der Waals surface area contributed by atoms with E-state index < -0.39 is 0 Å². The summed E-state index contributed by atoms with van der Waals surface area (Å²) in [5.41, 5.74) is 1.42. The lowest BCUT2D eigenvalue weighted by Gasteiger charge is -2.35. The Hall–Kier alpha value is -0.570. The van der Waals surface area contributed by atoms with E-state index in [1.165, 1.54) is 31.7 Å². The molecule has 0 spiro atoms. The molecule has 2 nitrogen and oxygen atoms in total. The summed E-state index contributed by atoms with van der Waals surface area (Å²) < 4.78 is 0. The molecule has 0 N–H and O–H groups in total. The van der Waals surface area contributed by atoms with Gasteiger partial charge in [0.2, 0.25) is 0 Å². The highest BCUT2D eigenvalue weighted by Crippen LogP contribution is 2.10. The van der Waals surface area contributed by atoms with Crippen LogP contribution in [0.4, 0.5) is 0 Å². The first-order valence-corrected chi connectivity index (χ1v) is 7.36. The average Bonchev–Trinajstić information content (AvgIpc) is 2.42. The van der Waals surface area contributed by atoms with Gasteiger partial charge in [0.05, 0.1) is 0 Å². The quantitative estimate of drug-likeness (QED) is 0.756. The van der Waals surface area contributed by atoms with Crippen molar-refractivity contribution >= 4 is 11.6 Å². The van der Waals surface area contributed by atoms with Gasteiger partial charge >= 0.3 is 0 Å². The van der Waals surface area contributed by atoms with Gasteiger partial charge in [-0.2, -0.15) is 0 Å². The van der Waals surface area contributed by atoms with Crippen molar-refractivity contribution < 1.29 is 0 Å². The minimum Gasteiger partial charge on any atom is -0.300 e. The van der Waals surface area contributed by atoms with Crippen LogP contribution in [0, 0.1) is 5.92 Å². The van der Waals surface area contributed by atoms with E-state index in [-0.39, 0.29) is 0 Å². The molecule has 1 heterocycles. The van der Waals surface area contributed by atoms with Crippen LogP contribution in [0.2, 0.25) is 0 Å². The topological polar surface area (TPSA) is 6.48 Å². The van der Waals surface area contributed by atoms with Crippen molar-refractivity contribution in [1.29, 1.82) is 0 Å². The van der Waals surface area contributed by atoms with Gasteiger partial charge in [0.1, 0.15) is 0 Å². The van der Waals surface area contributed by atoms with Gasteiger partial charge in [-0.3, -0.25) is 4.90 Å². The summed E-state index contributed by atoms with van der Waals surface area (Å²) in [6, 6.07) is 10.7. The maximum absolute atomic E-state index is 5.87. The third kappa shape index (κ3) is 4.27. The predicted octanol–water partition coefficient (Wildman–Crippen LogP) is 2.68. The van der Waals surface area contributed by atoms with Gasteiger partial charge in [-0.1, -0.05) is 37.3 Å². The first kappa shape index (κ1) is 13.9. The maximum Gasteiger partial charge on any atom is 0.0261 e. The van der Waals surface area contributed by atoms with Crippen molar-refractivity contribution in [3.05, 3.63) is 35.9 Å². The number of hydrogen-bond acceptors (Lipinski definition) is 2. The highest BCUT2D eigenvalue weighted by atomic mass is 35.5. The van der Waals surface area contributed by atoms with Crippen molar-refractivity contribution in [3.8, 4) is 0 Å². The molecule has 0 saturated carbocycles. The number of rotatable bonds is 5. The smallest absolute Gasteiger partial charge is 0.0261 e. The summed E-state index contributed by atoms with van der Waals surface area (Å²) in [7, 11) is 0. The minimum atomic E-state index is 0.604. The van der Waals surface area contributed by atoms with E-state index in [0.29, 0.717) is 5.92 Å². The Bertz CT molecular complexity index is 334. The number of alkyl halides is 1. The maximum atomic E-state index is 5.87. The monoisotopic (exact) mass is 266 g/mol. The van der Waals surface area contributed by atoms with Gasteiger partial charge in [0, 0.05) is 45.1 Å². The Labute approximate surface area is 116 Å². The van der Waals surface area contributed by atoms with E-state index in [9.17, 15) is 0 Å². The number of nitrogens with zero attached hydrogens (tertiary/aromatic N) is 2. The van der Waals surface area contributed by atoms with E-state index in [2.05, 4.69) is 47.1 Å². The Morgan fingerprint density at radius 3 is 2.28 bits per heavy atom. The molecular weight excluding hydrogens is 244 g/mol. The van der Waals surface area contributed by atoms with Crippen LogP contribution in [0.15, 0.2) is 30.3 Å². The minimum absolute atomic E-state index is 0.604. The van der Waals surface area contributed by atoms with Crippen LogP contribution < -0.4 is 0 Å². The molecule has 1 unspecified atom stereocenters. The summed E-state index contributed by atoms with van der Waals surface area (Å²) in [5, 5.41) is 0. The first-order chi connectivity index (χ1) is 8.78. The fourth-order valence-electron chi connectivity index (χ4n) is 2.46. The molecule has 1 aromatic carbocycles. The number of hydrogen-bond donors (Lipinski definition) is 0. The fourth-order valence-corrected chi connectivity index (χ4v) is 2.56. The van der Waals surface area contributed by atoms with Crippen LogP contribution in [-0.4, -0.2) is 48.4 Å². The summed E-state index contributed by atoms with van der Waals surface area (Å²) in [6.45, 7) is 9.14. The summed E-state index contributed by atoms with van der Waals surface area (Å²) >= 11 is 5.87. The molecule has 1 saturated heterocycles. The highest BCUT2D eigenvalue weighted by molar-refractivity contribution is 6.18. The fraction of sp³-hybridized carbons (Fsp3) is 0.600. The molecule has 0 amide bonds. The van der Waals surface area contributed by atoms with Gasteiger partial charge in [-0.05, 0) is 11.5 Å². The Morgan fingerprint density at radius 2 is 1.67 bits per heavy atom. The first-order valence-electron chi connectivity index (χ1n) is 6.82. The van der Waals surface area contributed by atoms with Crippen molar-refractivity contribution in [1.82, 2.24) is 9.80 Å². The third-order valence-electron chi connectivity index (χ3n) is 3.55. The van der Waals surface area contributed by atoms with Crippen molar-refractivity contribution in [2.24, 2.45) is 5.92 Å². The molecule has 1 atom stereocenters. The molecule has 0 radical (unpaired) electrons. The second kappa shape index (κ2) is 7.13. The molecule has 100 valence electrons. The Balaban J connectivity index is 1.73. The van der Waals surface area contributed by atoms with Crippen LogP contribution in [0.3, 0.4) is 0 Å². The van der Waals surface area contributed by atoms with Gasteiger partial charge < -0.3 is 4.90 Å². The zero-order chi connectivity index (χ0) is 12.8. The second-order valence-corrected chi connectivity index (χ2v) is 5.63. The standard InChI is InChI=1S/C15H23ClN2/c1-14(11-16)12-17-7-9-18(10-8-17)13-15-5-3-2-4-6-15/h2-6,14H,7-13H2,1H3. The van der Waals surface area contributed by atoms with Crippen molar-refractivity contribution in [3.63, 3.8) is 0 Å². The summed E-state index contributed by atoms with van der Waals surface area (Å²) in [5.74, 6) is 1.37. The Kier molecular flexibility index (Phi) is 5.48. The zero-order valence-electron chi connectivity index (χ0n) is 11.2. The largest absolute Gasteiger partial charge is 0.300 e. The number of piperazine rings is 1. The second-order valence-electron chi connectivity index (χ2n) is 5.32. The van der Waals surface area contributed by atoms with Gasteiger partial charge in [-0.15, -0.1) is 11.6 Å². The predicted molar refractivity (Wildman–Crippen MR) is 78.0 cm³/mol.